The number of hydrogen-bond donors (Lipinski definition) is 1. The van der Waals surface area contributed by atoms with Crippen LogP contribution in [0, 0.1) is 0 Å². The molecule has 13 heavy (non-hydrogen) atoms. The van der Waals surface area contributed by atoms with Crippen molar-refractivity contribution in [1.29, 1.82) is 0 Å². The molecule has 1 N–H and O–H groups in total. The summed E-state index contributed by atoms with van der Waals surface area (Å²) in [7, 11) is 0. The molecule has 0 aliphatic rings. The van der Waals surface area contributed by atoms with Crippen molar-refractivity contribution >= 4 is 29.0 Å². The molecule has 4 heteroatoms. The number of Topliss-reactive ketones (excluding diaryl/α,β-unsaturated/α-hetero) is 1. The molecule has 2 nitrogen and oxygen atoms in total. The standard InChI is InChI=1S/C9H8Cl2O2/c1-2-8(12)6-3-5(10)4-7(11)9(6)13/h3-4,13H,2H2,1H3. The van der Waals surface area contributed by atoms with Crippen LogP contribution in [0.2, 0.25) is 10.0 Å². The molecular formula is C9H8Cl2O2. The third-order valence-electron chi connectivity index (χ3n) is 1.65. The average Bonchev–Trinajstić information content (AvgIpc) is 2.10. The molecule has 70 valence electrons. The fourth-order valence-electron chi connectivity index (χ4n) is 0.969. The molecule has 0 aliphatic carbocycles. The van der Waals surface area contributed by atoms with Crippen molar-refractivity contribution in [1.82, 2.24) is 0 Å². The summed E-state index contributed by atoms with van der Waals surface area (Å²) < 4.78 is 0. The number of hydrogen-bond acceptors (Lipinski definition) is 2. The third kappa shape index (κ3) is 2.14. The average molecular weight is 219 g/mol. The molecule has 0 heterocycles. The molecule has 0 bridgehead atoms. The van der Waals surface area contributed by atoms with Crippen molar-refractivity contribution in [3.05, 3.63) is 27.7 Å². The topological polar surface area (TPSA) is 37.3 Å². The first-order valence-electron chi connectivity index (χ1n) is 3.77. The Balaban J connectivity index is 3.28. The lowest BCUT2D eigenvalue weighted by molar-refractivity contribution is 0.0985. The number of halogens is 2. The van der Waals surface area contributed by atoms with Crippen molar-refractivity contribution in [2.45, 2.75) is 13.3 Å². The lowest BCUT2D eigenvalue weighted by Gasteiger charge is -2.04. The molecule has 1 aromatic rings. The fourth-order valence-corrected chi connectivity index (χ4v) is 1.46. The van der Waals surface area contributed by atoms with Crippen molar-refractivity contribution in [2.24, 2.45) is 0 Å². The summed E-state index contributed by atoms with van der Waals surface area (Å²) >= 11 is 11.3. The molecule has 1 rings (SSSR count). The Labute approximate surface area is 86.1 Å². The van der Waals surface area contributed by atoms with Crippen LogP contribution in [-0.4, -0.2) is 10.9 Å². The molecule has 0 saturated heterocycles. The number of ketones is 1. The maximum Gasteiger partial charge on any atom is 0.166 e. The van der Waals surface area contributed by atoms with Crippen LogP contribution < -0.4 is 0 Å². The monoisotopic (exact) mass is 218 g/mol. The van der Waals surface area contributed by atoms with Gasteiger partial charge in [-0.3, -0.25) is 4.79 Å². The van der Waals surface area contributed by atoms with E-state index in [9.17, 15) is 9.90 Å². The highest BCUT2D eigenvalue weighted by Crippen LogP contribution is 2.31. The Morgan fingerprint density at radius 1 is 1.46 bits per heavy atom. The number of rotatable bonds is 2. The minimum absolute atomic E-state index is 0.101. The Kier molecular flexibility index (Phi) is 3.17. The van der Waals surface area contributed by atoms with Gasteiger partial charge in [-0.2, -0.15) is 0 Å². The van der Waals surface area contributed by atoms with E-state index in [1.807, 2.05) is 0 Å². The molecule has 0 saturated carbocycles. The Bertz CT molecular complexity index is 348. The van der Waals surface area contributed by atoms with Gasteiger partial charge in [-0.15, -0.1) is 0 Å². The van der Waals surface area contributed by atoms with Crippen LogP contribution in [0.5, 0.6) is 5.75 Å². The molecule has 0 aromatic heterocycles. The smallest absolute Gasteiger partial charge is 0.166 e. The van der Waals surface area contributed by atoms with Crippen molar-refractivity contribution in [2.75, 3.05) is 0 Å². The second-order valence-electron chi connectivity index (χ2n) is 2.56. The zero-order chi connectivity index (χ0) is 10.0. The highest BCUT2D eigenvalue weighted by molar-refractivity contribution is 6.36. The van der Waals surface area contributed by atoms with Gasteiger partial charge in [-0.25, -0.2) is 0 Å². The molecular weight excluding hydrogens is 211 g/mol. The summed E-state index contributed by atoms with van der Waals surface area (Å²) in [6, 6.07) is 2.81. The summed E-state index contributed by atoms with van der Waals surface area (Å²) in [4.78, 5) is 11.3. The van der Waals surface area contributed by atoms with Gasteiger partial charge in [0, 0.05) is 11.4 Å². The van der Waals surface area contributed by atoms with Crippen LogP contribution in [0.4, 0.5) is 0 Å². The minimum atomic E-state index is -0.196. The second kappa shape index (κ2) is 3.99. The van der Waals surface area contributed by atoms with E-state index >= 15 is 0 Å². The SMILES string of the molecule is CCC(=O)c1cc(Cl)cc(Cl)c1O. The van der Waals surface area contributed by atoms with Gasteiger partial charge in [0.2, 0.25) is 0 Å². The van der Waals surface area contributed by atoms with Gasteiger partial charge < -0.3 is 5.11 Å². The molecule has 0 atom stereocenters. The van der Waals surface area contributed by atoms with Crippen LogP contribution in [0.3, 0.4) is 0 Å². The van der Waals surface area contributed by atoms with Crippen LogP contribution in [-0.2, 0) is 0 Å². The zero-order valence-electron chi connectivity index (χ0n) is 6.97. The van der Waals surface area contributed by atoms with Crippen LogP contribution in [0.1, 0.15) is 23.7 Å². The van der Waals surface area contributed by atoms with Crippen LogP contribution in [0.15, 0.2) is 12.1 Å². The van der Waals surface area contributed by atoms with Gasteiger partial charge in [0.15, 0.2) is 5.78 Å². The van der Waals surface area contributed by atoms with Crippen molar-refractivity contribution in [3.63, 3.8) is 0 Å². The first-order valence-corrected chi connectivity index (χ1v) is 4.53. The molecule has 0 aliphatic heterocycles. The summed E-state index contributed by atoms with van der Waals surface area (Å²) in [5.41, 5.74) is 0.181. The van der Waals surface area contributed by atoms with E-state index in [1.165, 1.54) is 12.1 Å². The van der Waals surface area contributed by atoms with E-state index in [0.29, 0.717) is 11.4 Å². The molecule has 1 aromatic carbocycles. The van der Waals surface area contributed by atoms with Gasteiger partial charge in [0.1, 0.15) is 5.75 Å². The summed E-state index contributed by atoms with van der Waals surface area (Å²) in [6.07, 6.45) is 0.310. The number of benzene rings is 1. The lowest BCUT2D eigenvalue weighted by Crippen LogP contribution is -1.97. The third-order valence-corrected chi connectivity index (χ3v) is 2.16. The first kappa shape index (κ1) is 10.4. The fraction of sp³-hybridized carbons (Fsp3) is 0.222. The van der Waals surface area contributed by atoms with E-state index < -0.39 is 0 Å². The summed E-state index contributed by atoms with van der Waals surface area (Å²) in [5.74, 6) is -0.375. The summed E-state index contributed by atoms with van der Waals surface area (Å²) in [6.45, 7) is 1.70. The van der Waals surface area contributed by atoms with Crippen molar-refractivity contribution < 1.29 is 9.90 Å². The largest absolute Gasteiger partial charge is 0.506 e. The predicted octanol–water partition coefficient (Wildman–Crippen LogP) is 3.29. The zero-order valence-corrected chi connectivity index (χ0v) is 8.49. The van der Waals surface area contributed by atoms with Gasteiger partial charge in [0.25, 0.3) is 0 Å². The van der Waals surface area contributed by atoms with Gasteiger partial charge in [-0.1, -0.05) is 30.1 Å². The number of carbonyl (C=O) groups is 1. The quantitative estimate of drug-likeness (QED) is 0.774. The maximum absolute atomic E-state index is 11.3. The lowest BCUT2D eigenvalue weighted by atomic mass is 10.1. The van der Waals surface area contributed by atoms with E-state index in [4.69, 9.17) is 23.2 Å². The Morgan fingerprint density at radius 3 is 2.62 bits per heavy atom. The van der Waals surface area contributed by atoms with Crippen LogP contribution in [0.25, 0.3) is 0 Å². The summed E-state index contributed by atoms with van der Waals surface area (Å²) in [5, 5.41) is 9.86. The highest BCUT2D eigenvalue weighted by Gasteiger charge is 2.13. The molecule has 0 fully saturated rings. The molecule has 0 amide bonds. The van der Waals surface area contributed by atoms with E-state index in [-0.39, 0.29) is 22.1 Å². The predicted molar refractivity (Wildman–Crippen MR) is 52.7 cm³/mol. The maximum atomic E-state index is 11.3. The molecule has 0 radical (unpaired) electrons. The van der Waals surface area contributed by atoms with Gasteiger partial charge >= 0.3 is 0 Å². The van der Waals surface area contributed by atoms with E-state index in [2.05, 4.69) is 0 Å². The Hall–Kier alpha value is -0.730. The highest BCUT2D eigenvalue weighted by atomic mass is 35.5. The van der Waals surface area contributed by atoms with Gasteiger partial charge in [-0.05, 0) is 12.1 Å². The van der Waals surface area contributed by atoms with Crippen LogP contribution >= 0.6 is 23.2 Å². The minimum Gasteiger partial charge on any atom is -0.506 e. The second-order valence-corrected chi connectivity index (χ2v) is 3.40. The Morgan fingerprint density at radius 2 is 2.08 bits per heavy atom. The normalized spacial score (nSPS) is 10.1. The molecule has 0 unspecified atom stereocenters. The molecule has 0 spiro atoms. The first-order chi connectivity index (χ1) is 6.06. The van der Waals surface area contributed by atoms with Crippen molar-refractivity contribution in [3.8, 4) is 5.75 Å². The number of carbonyl (C=O) groups excluding carboxylic acids is 1. The number of aromatic hydroxyl groups is 1. The van der Waals surface area contributed by atoms with Gasteiger partial charge in [0.05, 0.1) is 10.6 Å². The number of phenolic OH excluding ortho intramolecular Hbond substituents is 1. The number of phenols is 1. The van der Waals surface area contributed by atoms with E-state index in [1.54, 1.807) is 6.92 Å². The van der Waals surface area contributed by atoms with E-state index in [0.717, 1.165) is 0 Å².